The van der Waals surface area contributed by atoms with Crippen molar-refractivity contribution in [3.8, 4) is 0 Å². The van der Waals surface area contributed by atoms with Crippen molar-refractivity contribution in [3.05, 3.63) is 16.7 Å². The Bertz CT molecular complexity index is 936. The SMILES string of the molecule is CC(C)(C)C(=O)OCC(COC(=O)C(C)(C)C)OCn1cnc2c(=O)[nH]c(N)nc21. The second-order valence-corrected chi connectivity index (χ2v) is 8.95. The first-order chi connectivity index (χ1) is 13.8. The Morgan fingerprint density at radius 3 is 2.13 bits per heavy atom. The van der Waals surface area contributed by atoms with Crippen molar-refractivity contribution < 1.29 is 23.8 Å². The topological polar surface area (TPSA) is 151 Å². The number of carbonyl (C=O) groups excluding carboxylic acids is 2. The van der Waals surface area contributed by atoms with Crippen molar-refractivity contribution in [2.24, 2.45) is 10.8 Å². The molecule has 0 unspecified atom stereocenters. The Balaban J connectivity index is 2.11. The van der Waals surface area contributed by atoms with Gasteiger partial charge in [0.05, 0.1) is 17.2 Å². The molecule has 3 N–H and O–H groups in total. The molecule has 0 aliphatic carbocycles. The third-order valence-corrected chi connectivity index (χ3v) is 3.97. The number of H-pyrrole nitrogens is 1. The molecule has 0 aliphatic heterocycles. The summed E-state index contributed by atoms with van der Waals surface area (Å²) in [6, 6.07) is 0. The van der Waals surface area contributed by atoms with Crippen molar-refractivity contribution in [2.75, 3.05) is 18.9 Å². The number of nitrogens with two attached hydrogens (primary N) is 1. The lowest BCUT2D eigenvalue weighted by Crippen LogP contribution is -2.34. The van der Waals surface area contributed by atoms with Crippen LogP contribution >= 0.6 is 0 Å². The molecule has 0 aliphatic rings. The number of hydrogen-bond donors (Lipinski definition) is 2. The average Bonchev–Trinajstić information content (AvgIpc) is 3.02. The highest BCUT2D eigenvalue weighted by atomic mass is 16.6. The molecule has 11 nitrogen and oxygen atoms in total. The van der Waals surface area contributed by atoms with E-state index in [0.29, 0.717) is 0 Å². The number of hydrogen-bond acceptors (Lipinski definition) is 9. The molecule has 0 spiro atoms. The second-order valence-electron chi connectivity index (χ2n) is 8.95. The fourth-order valence-electron chi connectivity index (χ4n) is 2.17. The summed E-state index contributed by atoms with van der Waals surface area (Å²) in [5.74, 6) is -0.872. The summed E-state index contributed by atoms with van der Waals surface area (Å²) < 4.78 is 17.9. The lowest BCUT2D eigenvalue weighted by Gasteiger charge is -2.23. The smallest absolute Gasteiger partial charge is 0.311 e. The van der Waals surface area contributed by atoms with Gasteiger partial charge in [-0.1, -0.05) is 0 Å². The Labute approximate surface area is 173 Å². The summed E-state index contributed by atoms with van der Waals surface area (Å²) in [6.45, 7) is 10.1. The number of rotatable bonds is 7. The number of anilines is 1. The highest BCUT2D eigenvalue weighted by Crippen LogP contribution is 2.18. The van der Waals surface area contributed by atoms with Crippen molar-refractivity contribution in [3.63, 3.8) is 0 Å². The third-order valence-electron chi connectivity index (χ3n) is 3.97. The molecule has 2 aromatic rings. The van der Waals surface area contributed by atoms with Gasteiger partial charge in [0.25, 0.3) is 5.56 Å². The van der Waals surface area contributed by atoms with E-state index in [1.807, 2.05) is 0 Å². The van der Waals surface area contributed by atoms with E-state index >= 15 is 0 Å². The molecule has 0 amide bonds. The summed E-state index contributed by atoms with van der Waals surface area (Å²) in [5.41, 5.74) is 4.11. The van der Waals surface area contributed by atoms with E-state index < -0.39 is 34.4 Å². The number of aromatic amines is 1. The van der Waals surface area contributed by atoms with Gasteiger partial charge in [-0.3, -0.25) is 23.9 Å². The first-order valence-corrected chi connectivity index (χ1v) is 9.45. The standard InChI is InChI=1S/C19H29N5O6/c1-18(2,3)15(26)28-7-11(8-29-16(27)19(4,5)6)30-10-24-9-21-12-13(24)22-17(20)23-14(12)25/h9,11H,7-8,10H2,1-6H3,(H3,20,22,23,25). The predicted molar refractivity (Wildman–Crippen MR) is 108 cm³/mol. The molecule has 11 heteroatoms. The van der Waals surface area contributed by atoms with Gasteiger partial charge >= 0.3 is 11.9 Å². The van der Waals surface area contributed by atoms with Crippen LogP contribution in [0, 0.1) is 10.8 Å². The molecule has 2 aromatic heterocycles. The molecular weight excluding hydrogens is 394 g/mol. The molecule has 2 heterocycles. The normalized spacial score (nSPS) is 12.4. The van der Waals surface area contributed by atoms with E-state index in [2.05, 4.69) is 15.0 Å². The van der Waals surface area contributed by atoms with E-state index in [4.69, 9.17) is 19.9 Å². The van der Waals surface area contributed by atoms with Crippen LogP contribution < -0.4 is 11.3 Å². The fraction of sp³-hybridized carbons (Fsp3) is 0.632. The van der Waals surface area contributed by atoms with Gasteiger partial charge in [-0.25, -0.2) is 4.98 Å². The summed E-state index contributed by atoms with van der Waals surface area (Å²) in [4.78, 5) is 46.5. The van der Waals surface area contributed by atoms with Crippen LogP contribution in [-0.2, 0) is 30.5 Å². The number of nitrogens with one attached hydrogen (secondary N) is 1. The Kier molecular flexibility index (Phi) is 6.86. The first kappa shape index (κ1) is 23.3. The number of carbonyl (C=O) groups is 2. The van der Waals surface area contributed by atoms with Gasteiger partial charge in [0.2, 0.25) is 5.95 Å². The largest absolute Gasteiger partial charge is 0.462 e. The van der Waals surface area contributed by atoms with Crippen molar-refractivity contribution >= 4 is 29.1 Å². The summed E-state index contributed by atoms with van der Waals surface area (Å²) >= 11 is 0. The zero-order chi connectivity index (χ0) is 22.7. The number of esters is 2. The van der Waals surface area contributed by atoms with Crippen LogP contribution in [0.25, 0.3) is 11.2 Å². The van der Waals surface area contributed by atoms with E-state index in [-0.39, 0.29) is 37.1 Å². The number of fused-ring (bicyclic) bond motifs is 1. The monoisotopic (exact) mass is 423 g/mol. The maximum atomic E-state index is 12.1. The zero-order valence-corrected chi connectivity index (χ0v) is 18.1. The minimum Gasteiger partial charge on any atom is -0.462 e. The molecule has 30 heavy (non-hydrogen) atoms. The maximum absolute atomic E-state index is 12.1. The maximum Gasteiger partial charge on any atom is 0.311 e. The minimum absolute atomic E-state index is 0.0518. The van der Waals surface area contributed by atoms with Gasteiger partial charge in [0.1, 0.15) is 26.0 Å². The number of nitrogen functional groups attached to an aromatic ring is 1. The van der Waals surface area contributed by atoms with Crippen LogP contribution in [0.15, 0.2) is 11.1 Å². The average molecular weight is 423 g/mol. The Morgan fingerprint density at radius 1 is 1.10 bits per heavy atom. The summed E-state index contributed by atoms with van der Waals surface area (Å²) in [7, 11) is 0. The van der Waals surface area contributed by atoms with E-state index in [1.54, 1.807) is 41.5 Å². The van der Waals surface area contributed by atoms with Crippen molar-refractivity contribution in [2.45, 2.75) is 54.4 Å². The summed E-state index contributed by atoms with van der Waals surface area (Å²) in [6.07, 6.45) is 0.644. The number of imidazole rings is 1. The fourth-order valence-corrected chi connectivity index (χ4v) is 2.17. The summed E-state index contributed by atoms with van der Waals surface area (Å²) in [5, 5.41) is 0. The van der Waals surface area contributed by atoms with Gasteiger partial charge in [0, 0.05) is 0 Å². The second kappa shape index (κ2) is 8.82. The first-order valence-electron chi connectivity index (χ1n) is 9.45. The van der Waals surface area contributed by atoms with Crippen molar-refractivity contribution in [1.29, 1.82) is 0 Å². The number of ether oxygens (including phenoxy) is 3. The lowest BCUT2D eigenvalue weighted by atomic mass is 9.97. The van der Waals surface area contributed by atoms with Gasteiger partial charge in [0.15, 0.2) is 11.2 Å². The number of aromatic nitrogens is 4. The van der Waals surface area contributed by atoms with E-state index in [0.717, 1.165) is 0 Å². The molecule has 0 saturated heterocycles. The van der Waals surface area contributed by atoms with Crippen molar-refractivity contribution in [1.82, 2.24) is 19.5 Å². The van der Waals surface area contributed by atoms with Gasteiger partial charge in [-0.15, -0.1) is 0 Å². The van der Waals surface area contributed by atoms with E-state index in [1.165, 1.54) is 10.9 Å². The Morgan fingerprint density at radius 2 is 1.63 bits per heavy atom. The molecule has 0 saturated carbocycles. The van der Waals surface area contributed by atoms with Crippen LogP contribution in [0.1, 0.15) is 41.5 Å². The molecular formula is C19H29N5O6. The van der Waals surface area contributed by atoms with E-state index in [9.17, 15) is 14.4 Å². The van der Waals surface area contributed by atoms with Crippen LogP contribution in [0.2, 0.25) is 0 Å². The van der Waals surface area contributed by atoms with Crippen LogP contribution in [-0.4, -0.2) is 50.8 Å². The third kappa shape index (κ3) is 6.02. The molecule has 0 radical (unpaired) electrons. The molecule has 0 bridgehead atoms. The van der Waals surface area contributed by atoms with Crippen LogP contribution in [0.4, 0.5) is 5.95 Å². The van der Waals surface area contributed by atoms with Crippen LogP contribution in [0.3, 0.4) is 0 Å². The highest BCUT2D eigenvalue weighted by Gasteiger charge is 2.27. The molecule has 2 rings (SSSR count). The molecule has 0 fully saturated rings. The number of nitrogens with zero attached hydrogens (tertiary/aromatic N) is 3. The minimum atomic E-state index is -0.737. The molecule has 0 atom stereocenters. The Hall–Kier alpha value is -2.95. The highest BCUT2D eigenvalue weighted by molar-refractivity contribution is 5.76. The van der Waals surface area contributed by atoms with Gasteiger partial charge < -0.3 is 19.9 Å². The van der Waals surface area contributed by atoms with Gasteiger partial charge in [-0.2, -0.15) is 4.98 Å². The lowest BCUT2D eigenvalue weighted by molar-refractivity contribution is -0.166. The van der Waals surface area contributed by atoms with Gasteiger partial charge in [-0.05, 0) is 41.5 Å². The quantitative estimate of drug-likeness (QED) is 0.626. The molecule has 166 valence electrons. The predicted octanol–water partition coefficient (Wildman–Crippen LogP) is 1.22. The van der Waals surface area contributed by atoms with Crippen LogP contribution in [0.5, 0.6) is 0 Å². The zero-order valence-electron chi connectivity index (χ0n) is 18.1. The molecule has 0 aromatic carbocycles.